The van der Waals surface area contributed by atoms with E-state index >= 15 is 0 Å². The summed E-state index contributed by atoms with van der Waals surface area (Å²) >= 11 is 0. The fourth-order valence-corrected chi connectivity index (χ4v) is 2.29. The van der Waals surface area contributed by atoms with E-state index in [1.54, 1.807) is 11.8 Å². The van der Waals surface area contributed by atoms with E-state index in [0.29, 0.717) is 18.7 Å². The van der Waals surface area contributed by atoms with E-state index in [-0.39, 0.29) is 12.5 Å². The summed E-state index contributed by atoms with van der Waals surface area (Å²) in [7, 11) is 0. The number of aryl methyl sites for hydroxylation is 1. The zero-order chi connectivity index (χ0) is 14.7. The van der Waals surface area contributed by atoms with E-state index in [0.717, 1.165) is 5.56 Å². The molecule has 1 heterocycles. The molecule has 2 unspecified atom stereocenters. The molecule has 2 atom stereocenters. The summed E-state index contributed by atoms with van der Waals surface area (Å²) in [5.74, 6) is -0.808. The van der Waals surface area contributed by atoms with Crippen LogP contribution in [0.4, 0.5) is 0 Å². The number of carbonyl (C=O) groups is 2. The molecule has 0 aliphatic carbocycles. The maximum Gasteiger partial charge on any atom is 0.308 e. The van der Waals surface area contributed by atoms with Crippen molar-refractivity contribution in [2.75, 3.05) is 13.1 Å². The fourth-order valence-electron chi connectivity index (χ4n) is 2.29. The van der Waals surface area contributed by atoms with Gasteiger partial charge in [-0.2, -0.15) is 0 Å². The topological polar surface area (TPSA) is 66.8 Å². The predicted molar refractivity (Wildman–Crippen MR) is 73.6 cm³/mol. The number of hydrogen-bond acceptors (Lipinski definition) is 3. The molecule has 5 nitrogen and oxygen atoms in total. The minimum atomic E-state index is -0.840. The van der Waals surface area contributed by atoms with E-state index in [1.807, 2.05) is 31.2 Å². The molecule has 108 valence electrons. The smallest absolute Gasteiger partial charge is 0.308 e. The molecule has 0 radical (unpaired) electrons. The number of benzene rings is 1. The van der Waals surface area contributed by atoms with Gasteiger partial charge in [-0.25, -0.2) is 0 Å². The first-order valence-electron chi connectivity index (χ1n) is 6.72. The van der Waals surface area contributed by atoms with E-state index in [1.165, 1.54) is 0 Å². The second-order valence-electron chi connectivity index (χ2n) is 5.18. The summed E-state index contributed by atoms with van der Waals surface area (Å²) < 4.78 is 5.60. The second kappa shape index (κ2) is 5.94. The number of carboxylic acid groups (broad SMARTS) is 1. The number of carboxylic acids is 1. The van der Waals surface area contributed by atoms with Crippen LogP contribution in [0.5, 0.6) is 5.75 Å². The highest BCUT2D eigenvalue weighted by Crippen LogP contribution is 2.19. The molecular formula is C15H19NO4. The van der Waals surface area contributed by atoms with Crippen molar-refractivity contribution in [1.29, 1.82) is 0 Å². The van der Waals surface area contributed by atoms with Crippen LogP contribution in [-0.4, -0.2) is 41.1 Å². The van der Waals surface area contributed by atoms with Crippen molar-refractivity contribution in [1.82, 2.24) is 4.90 Å². The number of nitrogens with zero attached hydrogens (tertiary/aromatic N) is 1. The summed E-state index contributed by atoms with van der Waals surface area (Å²) in [5.41, 5.74) is 1.13. The van der Waals surface area contributed by atoms with E-state index < -0.39 is 18.0 Å². The highest BCUT2D eigenvalue weighted by Gasteiger charge is 2.33. The third-order valence-corrected chi connectivity index (χ3v) is 3.53. The second-order valence-corrected chi connectivity index (χ2v) is 5.18. The first kappa shape index (κ1) is 14.4. The van der Waals surface area contributed by atoms with E-state index in [4.69, 9.17) is 9.84 Å². The van der Waals surface area contributed by atoms with Crippen LogP contribution in [0, 0.1) is 12.8 Å². The Bertz CT molecular complexity index is 497. The van der Waals surface area contributed by atoms with Crippen molar-refractivity contribution >= 4 is 11.9 Å². The van der Waals surface area contributed by atoms with Gasteiger partial charge in [0.05, 0.1) is 5.92 Å². The number of amides is 1. The Morgan fingerprint density at radius 1 is 1.35 bits per heavy atom. The molecule has 1 aliphatic heterocycles. The van der Waals surface area contributed by atoms with Gasteiger partial charge >= 0.3 is 5.97 Å². The normalized spacial score (nSPS) is 19.7. The maximum absolute atomic E-state index is 12.2. The monoisotopic (exact) mass is 277 g/mol. The molecule has 0 bridgehead atoms. The Morgan fingerprint density at radius 3 is 2.55 bits per heavy atom. The largest absolute Gasteiger partial charge is 0.481 e. The number of hydrogen-bond donors (Lipinski definition) is 1. The first-order chi connectivity index (χ1) is 9.47. The number of carbonyl (C=O) groups excluding carboxylic acids is 1. The van der Waals surface area contributed by atoms with Crippen LogP contribution in [0.3, 0.4) is 0 Å². The molecule has 1 saturated heterocycles. The van der Waals surface area contributed by atoms with Crippen LogP contribution in [0.15, 0.2) is 24.3 Å². The molecule has 5 heteroatoms. The minimum absolute atomic E-state index is 0.158. The van der Waals surface area contributed by atoms with Gasteiger partial charge in [-0.15, -0.1) is 0 Å². The van der Waals surface area contributed by atoms with E-state index in [9.17, 15) is 9.59 Å². The van der Waals surface area contributed by atoms with Crippen molar-refractivity contribution in [2.24, 2.45) is 5.92 Å². The van der Waals surface area contributed by atoms with Gasteiger partial charge < -0.3 is 14.7 Å². The third-order valence-electron chi connectivity index (χ3n) is 3.53. The average Bonchev–Trinajstić information content (AvgIpc) is 2.90. The van der Waals surface area contributed by atoms with Gasteiger partial charge in [0, 0.05) is 13.1 Å². The van der Waals surface area contributed by atoms with Crippen LogP contribution in [-0.2, 0) is 9.59 Å². The van der Waals surface area contributed by atoms with Crippen LogP contribution < -0.4 is 4.74 Å². The molecule has 0 saturated carbocycles. The lowest BCUT2D eigenvalue weighted by molar-refractivity contribution is -0.142. The van der Waals surface area contributed by atoms with Gasteiger partial charge in [0.25, 0.3) is 5.91 Å². The first-order valence-corrected chi connectivity index (χ1v) is 6.72. The van der Waals surface area contributed by atoms with Crippen molar-refractivity contribution in [2.45, 2.75) is 26.4 Å². The highest BCUT2D eigenvalue weighted by molar-refractivity contribution is 5.82. The predicted octanol–water partition coefficient (Wildman–Crippen LogP) is 1.70. The lowest BCUT2D eigenvalue weighted by atomic mass is 10.1. The zero-order valence-corrected chi connectivity index (χ0v) is 11.7. The van der Waals surface area contributed by atoms with Gasteiger partial charge in [-0.05, 0) is 32.4 Å². The SMILES string of the molecule is Cc1ccc(OC(C)C(=O)N2CCC(C(=O)O)C2)cc1. The molecular weight excluding hydrogens is 258 g/mol. The molecule has 1 aromatic rings. The Morgan fingerprint density at radius 2 is 2.00 bits per heavy atom. The standard InChI is InChI=1S/C15H19NO4/c1-10-3-5-13(6-4-10)20-11(2)14(17)16-8-7-12(9-16)15(18)19/h3-6,11-12H,7-9H2,1-2H3,(H,18,19). The Hall–Kier alpha value is -2.04. The van der Waals surface area contributed by atoms with Crippen molar-refractivity contribution in [3.05, 3.63) is 29.8 Å². The van der Waals surface area contributed by atoms with Crippen LogP contribution in [0.25, 0.3) is 0 Å². The molecule has 0 spiro atoms. The Labute approximate surface area is 118 Å². The summed E-state index contributed by atoms with van der Waals surface area (Å²) in [5, 5.41) is 8.94. The molecule has 1 amide bonds. The number of ether oxygens (including phenoxy) is 1. The van der Waals surface area contributed by atoms with Gasteiger partial charge in [0.1, 0.15) is 5.75 Å². The van der Waals surface area contributed by atoms with Crippen LogP contribution in [0.1, 0.15) is 18.9 Å². The molecule has 20 heavy (non-hydrogen) atoms. The van der Waals surface area contributed by atoms with Crippen molar-refractivity contribution in [3.8, 4) is 5.75 Å². The number of rotatable bonds is 4. The summed E-state index contributed by atoms with van der Waals surface area (Å²) in [4.78, 5) is 24.7. The maximum atomic E-state index is 12.2. The Kier molecular flexibility index (Phi) is 4.27. The molecule has 1 aromatic carbocycles. The molecule has 0 aromatic heterocycles. The lowest BCUT2D eigenvalue weighted by Gasteiger charge is -2.21. The number of likely N-dealkylation sites (tertiary alicyclic amines) is 1. The Balaban J connectivity index is 1.92. The van der Waals surface area contributed by atoms with Gasteiger partial charge in [0.2, 0.25) is 0 Å². The van der Waals surface area contributed by atoms with Crippen molar-refractivity contribution in [3.63, 3.8) is 0 Å². The summed E-state index contributed by atoms with van der Waals surface area (Å²) in [6.07, 6.45) is -0.0940. The van der Waals surface area contributed by atoms with Gasteiger partial charge in [-0.1, -0.05) is 17.7 Å². The molecule has 1 fully saturated rings. The fraction of sp³-hybridized carbons (Fsp3) is 0.467. The van der Waals surface area contributed by atoms with E-state index in [2.05, 4.69) is 0 Å². The average molecular weight is 277 g/mol. The third kappa shape index (κ3) is 3.29. The lowest BCUT2D eigenvalue weighted by Crippen LogP contribution is -2.39. The highest BCUT2D eigenvalue weighted by atomic mass is 16.5. The quantitative estimate of drug-likeness (QED) is 0.909. The van der Waals surface area contributed by atoms with Crippen LogP contribution >= 0.6 is 0 Å². The van der Waals surface area contributed by atoms with Gasteiger partial charge in [-0.3, -0.25) is 9.59 Å². The minimum Gasteiger partial charge on any atom is -0.481 e. The molecule has 1 N–H and O–H groups in total. The molecule has 1 aliphatic rings. The molecule has 2 rings (SSSR count). The summed E-state index contributed by atoms with van der Waals surface area (Å²) in [6.45, 7) is 4.43. The van der Waals surface area contributed by atoms with Gasteiger partial charge in [0.15, 0.2) is 6.10 Å². The van der Waals surface area contributed by atoms with Crippen molar-refractivity contribution < 1.29 is 19.4 Å². The van der Waals surface area contributed by atoms with Crippen LogP contribution in [0.2, 0.25) is 0 Å². The summed E-state index contributed by atoms with van der Waals surface area (Å²) in [6, 6.07) is 7.48. The number of aliphatic carboxylic acids is 1. The zero-order valence-electron chi connectivity index (χ0n) is 11.7.